The molecule has 0 fully saturated rings. The summed E-state index contributed by atoms with van der Waals surface area (Å²) in [5.74, 6) is 0.533. The zero-order valence-electron chi connectivity index (χ0n) is 8.86. The first kappa shape index (κ1) is 11.8. The van der Waals surface area contributed by atoms with Crippen molar-refractivity contribution in [3.63, 3.8) is 0 Å². The lowest BCUT2D eigenvalue weighted by Gasteiger charge is -2.08. The number of nitrogens with zero attached hydrogens (tertiary/aromatic N) is 2. The fraction of sp³-hybridized carbons (Fsp3) is 0.500. The molecule has 0 atom stereocenters. The van der Waals surface area contributed by atoms with E-state index in [1.165, 1.54) is 12.8 Å². The van der Waals surface area contributed by atoms with Crippen LogP contribution in [0, 0.1) is 0 Å². The van der Waals surface area contributed by atoms with Crippen LogP contribution in [0.1, 0.15) is 26.2 Å². The van der Waals surface area contributed by atoms with Crippen molar-refractivity contribution in [3.05, 3.63) is 18.5 Å². The SMILES string of the molecule is CCCCCNC(=S)Nc1ncccn1. The Kier molecular flexibility index (Phi) is 5.62. The number of hydrogen-bond acceptors (Lipinski definition) is 3. The summed E-state index contributed by atoms with van der Waals surface area (Å²) in [5, 5.41) is 6.60. The molecule has 0 spiro atoms. The highest BCUT2D eigenvalue weighted by molar-refractivity contribution is 7.80. The van der Waals surface area contributed by atoms with Gasteiger partial charge in [0.15, 0.2) is 5.11 Å². The molecule has 2 N–H and O–H groups in total. The van der Waals surface area contributed by atoms with Gasteiger partial charge in [-0.3, -0.25) is 0 Å². The van der Waals surface area contributed by atoms with Gasteiger partial charge < -0.3 is 10.6 Å². The van der Waals surface area contributed by atoms with Crippen molar-refractivity contribution in [2.45, 2.75) is 26.2 Å². The average Bonchev–Trinajstić information content (AvgIpc) is 2.26. The molecule has 0 saturated heterocycles. The van der Waals surface area contributed by atoms with Crippen LogP contribution in [-0.4, -0.2) is 21.6 Å². The van der Waals surface area contributed by atoms with E-state index in [2.05, 4.69) is 27.5 Å². The molecule has 0 bridgehead atoms. The minimum Gasteiger partial charge on any atom is -0.362 e. The molecule has 0 aliphatic rings. The third-order valence-corrected chi connectivity index (χ3v) is 2.10. The fourth-order valence-corrected chi connectivity index (χ4v) is 1.28. The number of anilines is 1. The Morgan fingerprint density at radius 1 is 1.33 bits per heavy atom. The standard InChI is InChI=1S/C10H16N4S/c1-2-3-4-6-13-10(15)14-9-11-7-5-8-12-9/h5,7-8H,2-4,6H2,1H3,(H2,11,12,13,14,15). The van der Waals surface area contributed by atoms with E-state index in [1.807, 2.05) is 0 Å². The number of unbranched alkanes of at least 4 members (excludes halogenated alkanes) is 2. The third-order valence-electron chi connectivity index (χ3n) is 1.86. The molecule has 0 aliphatic carbocycles. The van der Waals surface area contributed by atoms with Crippen LogP contribution in [0.3, 0.4) is 0 Å². The molecule has 0 unspecified atom stereocenters. The van der Waals surface area contributed by atoms with Crippen molar-refractivity contribution in [2.24, 2.45) is 0 Å². The Bertz CT molecular complexity index is 289. The van der Waals surface area contributed by atoms with Gasteiger partial charge in [0.2, 0.25) is 5.95 Å². The summed E-state index contributed by atoms with van der Waals surface area (Å²) >= 11 is 5.08. The molecule has 1 aromatic heterocycles. The van der Waals surface area contributed by atoms with Gasteiger partial charge in [-0.15, -0.1) is 0 Å². The maximum atomic E-state index is 5.08. The fourth-order valence-electron chi connectivity index (χ4n) is 1.09. The van der Waals surface area contributed by atoms with Crippen LogP contribution in [-0.2, 0) is 0 Å². The quantitative estimate of drug-likeness (QED) is 0.591. The molecular formula is C10H16N4S. The van der Waals surface area contributed by atoms with Gasteiger partial charge in [-0.25, -0.2) is 9.97 Å². The van der Waals surface area contributed by atoms with Gasteiger partial charge in [0.05, 0.1) is 0 Å². The summed E-state index contributed by atoms with van der Waals surface area (Å²) in [6, 6.07) is 1.77. The van der Waals surface area contributed by atoms with Crippen molar-refractivity contribution >= 4 is 23.3 Å². The Morgan fingerprint density at radius 2 is 2.07 bits per heavy atom. The molecule has 0 aromatic carbocycles. The van der Waals surface area contributed by atoms with Crippen LogP contribution in [0.5, 0.6) is 0 Å². The molecule has 1 rings (SSSR count). The van der Waals surface area contributed by atoms with Crippen LogP contribution in [0.25, 0.3) is 0 Å². The van der Waals surface area contributed by atoms with E-state index in [-0.39, 0.29) is 0 Å². The second kappa shape index (κ2) is 7.11. The molecule has 82 valence electrons. The zero-order valence-corrected chi connectivity index (χ0v) is 9.68. The summed E-state index contributed by atoms with van der Waals surface area (Å²) in [7, 11) is 0. The predicted octanol–water partition coefficient (Wildman–Crippen LogP) is 1.95. The van der Waals surface area contributed by atoms with Crippen molar-refractivity contribution in [1.29, 1.82) is 0 Å². The normalized spacial score (nSPS) is 9.67. The summed E-state index contributed by atoms with van der Waals surface area (Å²) < 4.78 is 0. The highest BCUT2D eigenvalue weighted by Crippen LogP contribution is 1.94. The molecule has 15 heavy (non-hydrogen) atoms. The molecule has 0 aliphatic heterocycles. The monoisotopic (exact) mass is 224 g/mol. The average molecular weight is 224 g/mol. The molecule has 5 heteroatoms. The number of aromatic nitrogens is 2. The number of hydrogen-bond donors (Lipinski definition) is 2. The Balaban J connectivity index is 2.19. The Hall–Kier alpha value is -1.23. The van der Waals surface area contributed by atoms with Gasteiger partial charge >= 0.3 is 0 Å². The van der Waals surface area contributed by atoms with Gasteiger partial charge in [-0.1, -0.05) is 19.8 Å². The van der Waals surface area contributed by atoms with Gasteiger partial charge in [-0.2, -0.15) is 0 Å². The van der Waals surface area contributed by atoms with E-state index >= 15 is 0 Å². The van der Waals surface area contributed by atoms with Crippen molar-refractivity contribution in [3.8, 4) is 0 Å². The van der Waals surface area contributed by atoms with Gasteiger partial charge in [0, 0.05) is 18.9 Å². The minimum absolute atomic E-state index is 0.533. The summed E-state index contributed by atoms with van der Waals surface area (Å²) in [5.41, 5.74) is 0. The summed E-state index contributed by atoms with van der Waals surface area (Å²) in [6.45, 7) is 3.07. The maximum Gasteiger partial charge on any atom is 0.228 e. The van der Waals surface area contributed by atoms with Crippen LogP contribution in [0.4, 0.5) is 5.95 Å². The number of rotatable bonds is 5. The lowest BCUT2D eigenvalue weighted by Crippen LogP contribution is -2.29. The second-order valence-corrected chi connectivity index (χ2v) is 3.57. The largest absolute Gasteiger partial charge is 0.362 e. The predicted molar refractivity (Wildman–Crippen MR) is 65.8 cm³/mol. The number of nitrogens with one attached hydrogen (secondary N) is 2. The zero-order chi connectivity index (χ0) is 10.9. The van der Waals surface area contributed by atoms with E-state index in [1.54, 1.807) is 18.5 Å². The van der Waals surface area contributed by atoms with Gasteiger partial charge in [0.1, 0.15) is 0 Å². The van der Waals surface area contributed by atoms with E-state index in [9.17, 15) is 0 Å². The van der Waals surface area contributed by atoms with E-state index < -0.39 is 0 Å². The Labute approximate surface area is 95.5 Å². The van der Waals surface area contributed by atoms with Crippen LogP contribution in [0.2, 0.25) is 0 Å². The Morgan fingerprint density at radius 3 is 2.73 bits per heavy atom. The van der Waals surface area contributed by atoms with E-state index in [4.69, 9.17) is 12.2 Å². The molecule has 0 radical (unpaired) electrons. The molecular weight excluding hydrogens is 208 g/mol. The van der Waals surface area contributed by atoms with Gasteiger partial charge in [-0.05, 0) is 24.7 Å². The van der Waals surface area contributed by atoms with Crippen LogP contribution < -0.4 is 10.6 Å². The lowest BCUT2D eigenvalue weighted by atomic mass is 10.2. The molecule has 1 heterocycles. The molecule has 1 aromatic rings. The molecule has 4 nitrogen and oxygen atoms in total. The maximum absolute atomic E-state index is 5.08. The summed E-state index contributed by atoms with van der Waals surface area (Å²) in [4.78, 5) is 8.03. The topological polar surface area (TPSA) is 49.8 Å². The highest BCUT2D eigenvalue weighted by atomic mass is 32.1. The minimum atomic E-state index is 0.533. The first-order valence-corrected chi connectivity index (χ1v) is 5.55. The van der Waals surface area contributed by atoms with Crippen molar-refractivity contribution < 1.29 is 0 Å². The molecule has 0 amide bonds. The molecule has 0 saturated carbocycles. The highest BCUT2D eigenvalue weighted by Gasteiger charge is 1.97. The summed E-state index contributed by atoms with van der Waals surface area (Å²) in [6.07, 6.45) is 6.92. The smallest absolute Gasteiger partial charge is 0.228 e. The third kappa shape index (κ3) is 5.27. The first-order chi connectivity index (χ1) is 7.33. The lowest BCUT2D eigenvalue weighted by molar-refractivity contribution is 0.697. The number of thiocarbonyl (C=S) groups is 1. The first-order valence-electron chi connectivity index (χ1n) is 5.15. The van der Waals surface area contributed by atoms with Crippen molar-refractivity contribution in [2.75, 3.05) is 11.9 Å². The van der Waals surface area contributed by atoms with Crippen LogP contribution in [0.15, 0.2) is 18.5 Å². The second-order valence-electron chi connectivity index (χ2n) is 3.16. The van der Waals surface area contributed by atoms with Gasteiger partial charge in [0.25, 0.3) is 0 Å². The van der Waals surface area contributed by atoms with E-state index in [0.717, 1.165) is 13.0 Å². The van der Waals surface area contributed by atoms with Crippen molar-refractivity contribution in [1.82, 2.24) is 15.3 Å². The van der Waals surface area contributed by atoms with Crippen LogP contribution >= 0.6 is 12.2 Å². The van der Waals surface area contributed by atoms with E-state index in [0.29, 0.717) is 11.1 Å².